The van der Waals surface area contributed by atoms with Crippen LogP contribution in [0.15, 0.2) is 54.6 Å². The van der Waals surface area contributed by atoms with Gasteiger partial charge in [-0.2, -0.15) is 0 Å². The SMILES string of the molecule is O=C(COC(=O)C1(c2ccccc2F)CCCC1)NCCc1ccccc1. The van der Waals surface area contributed by atoms with Crippen molar-refractivity contribution in [1.29, 1.82) is 0 Å². The summed E-state index contributed by atoms with van der Waals surface area (Å²) in [6, 6.07) is 16.1. The fraction of sp³-hybridized carbons (Fsp3) is 0.364. The van der Waals surface area contributed by atoms with E-state index in [9.17, 15) is 14.0 Å². The summed E-state index contributed by atoms with van der Waals surface area (Å²) in [5, 5.41) is 2.75. The van der Waals surface area contributed by atoms with Crippen LogP contribution in [-0.4, -0.2) is 25.0 Å². The number of amides is 1. The highest BCUT2D eigenvalue weighted by Gasteiger charge is 2.45. The Kier molecular flexibility index (Phi) is 6.22. The topological polar surface area (TPSA) is 55.4 Å². The molecule has 142 valence electrons. The van der Waals surface area contributed by atoms with Crippen LogP contribution in [-0.2, 0) is 26.2 Å². The lowest BCUT2D eigenvalue weighted by molar-refractivity contribution is -0.154. The normalized spacial score (nSPS) is 15.3. The minimum Gasteiger partial charge on any atom is -0.455 e. The number of carbonyl (C=O) groups is 2. The molecule has 0 atom stereocenters. The molecule has 1 aliphatic rings. The number of halogens is 1. The number of carbonyl (C=O) groups excluding carboxylic acids is 2. The van der Waals surface area contributed by atoms with Crippen LogP contribution in [0.1, 0.15) is 36.8 Å². The first-order valence-corrected chi connectivity index (χ1v) is 9.35. The molecule has 0 unspecified atom stereocenters. The first-order valence-electron chi connectivity index (χ1n) is 9.35. The fourth-order valence-electron chi connectivity index (χ4n) is 3.72. The van der Waals surface area contributed by atoms with Gasteiger partial charge in [-0.3, -0.25) is 9.59 Å². The number of benzene rings is 2. The Bertz CT molecular complexity index is 785. The number of ether oxygens (including phenoxy) is 1. The molecule has 0 saturated heterocycles. The van der Waals surface area contributed by atoms with E-state index in [0.717, 1.165) is 18.4 Å². The summed E-state index contributed by atoms with van der Waals surface area (Å²) in [5.41, 5.74) is 0.520. The van der Waals surface area contributed by atoms with Crippen LogP contribution in [0.3, 0.4) is 0 Å². The van der Waals surface area contributed by atoms with Crippen molar-refractivity contribution in [1.82, 2.24) is 5.32 Å². The first-order chi connectivity index (χ1) is 13.1. The Balaban J connectivity index is 1.54. The Morgan fingerprint density at radius 2 is 1.67 bits per heavy atom. The summed E-state index contributed by atoms with van der Waals surface area (Å²) in [7, 11) is 0. The number of nitrogens with one attached hydrogen (secondary N) is 1. The standard InChI is InChI=1S/C22H24FNO3/c23-19-11-5-4-10-18(19)22(13-6-7-14-22)21(26)27-16-20(25)24-15-12-17-8-2-1-3-9-17/h1-5,8-11H,6-7,12-16H2,(H,24,25). The van der Waals surface area contributed by atoms with Gasteiger partial charge in [-0.25, -0.2) is 4.39 Å². The molecule has 0 aromatic heterocycles. The second-order valence-corrected chi connectivity index (χ2v) is 6.93. The lowest BCUT2D eigenvalue weighted by Crippen LogP contribution is -2.38. The molecule has 27 heavy (non-hydrogen) atoms. The summed E-state index contributed by atoms with van der Waals surface area (Å²) >= 11 is 0. The van der Waals surface area contributed by atoms with Gasteiger partial charge in [0, 0.05) is 12.1 Å². The van der Waals surface area contributed by atoms with Gasteiger partial charge in [0.2, 0.25) is 0 Å². The largest absolute Gasteiger partial charge is 0.455 e. The minimum absolute atomic E-state index is 0.343. The third-order valence-electron chi connectivity index (χ3n) is 5.15. The summed E-state index contributed by atoms with van der Waals surface area (Å²) in [6.45, 7) is 0.128. The summed E-state index contributed by atoms with van der Waals surface area (Å²) in [5.74, 6) is -1.26. The highest BCUT2D eigenvalue weighted by molar-refractivity contribution is 5.86. The molecule has 0 radical (unpaired) electrons. The molecule has 2 aromatic rings. The molecule has 1 amide bonds. The maximum absolute atomic E-state index is 14.3. The Labute approximate surface area is 158 Å². The van der Waals surface area contributed by atoms with Crippen molar-refractivity contribution in [3.63, 3.8) is 0 Å². The predicted molar refractivity (Wildman–Crippen MR) is 101 cm³/mol. The molecule has 0 bridgehead atoms. The van der Waals surface area contributed by atoms with Crippen LogP contribution in [0.5, 0.6) is 0 Å². The maximum atomic E-state index is 14.3. The van der Waals surface area contributed by atoms with E-state index in [0.29, 0.717) is 31.4 Å². The molecule has 3 rings (SSSR count). The monoisotopic (exact) mass is 369 g/mol. The average Bonchev–Trinajstić information content (AvgIpc) is 3.18. The van der Waals surface area contributed by atoms with E-state index in [2.05, 4.69) is 5.32 Å². The van der Waals surface area contributed by atoms with Crippen LogP contribution in [0, 0.1) is 5.82 Å². The van der Waals surface area contributed by atoms with Crippen LogP contribution in [0.4, 0.5) is 4.39 Å². The number of esters is 1. The molecule has 1 fully saturated rings. The number of hydrogen-bond acceptors (Lipinski definition) is 3. The first kappa shape index (κ1) is 19.1. The van der Waals surface area contributed by atoms with Gasteiger partial charge in [0.05, 0.1) is 5.41 Å². The van der Waals surface area contributed by atoms with E-state index in [4.69, 9.17) is 4.74 Å². The van der Waals surface area contributed by atoms with E-state index in [1.165, 1.54) is 6.07 Å². The van der Waals surface area contributed by atoms with E-state index in [1.807, 2.05) is 30.3 Å². The van der Waals surface area contributed by atoms with E-state index >= 15 is 0 Å². The minimum atomic E-state index is -0.977. The molecule has 5 heteroatoms. The van der Waals surface area contributed by atoms with Gasteiger partial charge in [-0.15, -0.1) is 0 Å². The smallest absolute Gasteiger partial charge is 0.317 e. The lowest BCUT2D eigenvalue weighted by atomic mass is 9.78. The molecule has 1 saturated carbocycles. The predicted octanol–water partition coefficient (Wildman–Crippen LogP) is 3.54. The van der Waals surface area contributed by atoms with Gasteiger partial charge in [0.1, 0.15) is 5.82 Å². The highest BCUT2D eigenvalue weighted by Crippen LogP contribution is 2.43. The van der Waals surface area contributed by atoms with Gasteiger partial charge >= 0.3 is 5.97 Å². The molecule has 0 aliphatic heterocycles. The third-order valence-corrected chi connectivity index (χ3v) is 5.15. The molecular formula is C22H24FNO3. The molecule has 1 N–H and O–H groups in total. The second kappa shape index (κ2) is 8.80. The van der Waals surface area contributed by atoms with E-state index in [1.54, 1.807) is 18.2 Å². The van der Waals surface area contributed by atoms with Crippen LogP contribution >= 0.6 is 0 Å². The van der Waals surface area contributed by atoms with Gasteiger partial charge in [-0.05, 0) is 30.9 Å². The molecule has 0 spiro atoms. The van der Waals surface area contributed by atoms with Gasteiger partial charge < -0.3 is 10.1 Å². The van der Waals surface area contributed by atoms with Crippen molar-refractivity contribution in [3.8, 4) is 0 Å². The highest BCUT2D eigenvalue weighted by atomic mass is 19.1. The summed E-state index contributed by atoms with van der Waals surface area (Å²) < 4.78 is 19.6. The van der Waals surface area contributed by atoms with Crippen molar-refractivity contribution in [3.05, 3.63) is 71.5 Å². The van der Waals surface area contributed by atoms with E-state index in [-0.39, 0.29) is 12.5 Å². The van der Waals surface area contributed by atoms with Crippen molar-refractivity contribution >= 4 is 11.9 Å². The zero-order valence-corrected chi connectivity index (χ0v) is 15.2. The summed E-state index contributed by atoms with van der Waals surface area (Å²) in [4.78, 5) is 24.7. The second-order valence-electron chi connectivity index (χ2n) is 6.93. The van der Waals surface area contributed by atoms with Crippen LogP contribution in [0.2, 0.25) is 0 Å². The average molecular weight is 369 g/mol. The number of hydrogen-bond donors (Lipinski definition) is 1. The fourth-order valence-corrected chi connectivity index (χ4v) is 3.72. The van der Waals surface area contributed by atoms with Crippen molar-refractivity contribution in [2.45, 2.75) is 37.5 Å². The molecule has 1 aliphatic carbocycles. The molecule has 2 aromatic carbocycles. The summed E-state index contributed by atoms with van der Waals surface area (Å²) in [6.07, 6.45) is 3.48. The third kappa shape index (κ3) is 4.54. The quantitative estimate of drug-likeness (QED) is 0.760. The van der Waals surface area contributed by atoms with Crippen LogP contribution < -0.4 is 5.32 Å². The zero-order chi connectivity index (χ0) is 19.1. The maximum Gasteiger partial charge on any atom is 0.317 e. The van der Waals surface area contributed by atoms with Gasteiger partial charge in [-0.1, -0.05) is 61.4 Å². The van der Waals surface area contributed by atoms with Crippen LogP contribution in [0.25, 0.3) is 0 Å². The Morgan fingerprint density at radius 1 is 1.00 bits per heavy atom. The Hall–Kier alpha value is -2.69. The van der Waals surface area contributed by atoms with Crippen molar-refractivity contribution in [2.75, 3.05) is 13.2 Å². The molecular weight excluding hydrogens is 345 g/mol. The lowest BCUT2D eigenvalue weighted by Gasteiger charge is -2.27. The zero-order valence-electron chi connectivity index (χ0n) is 15.2. The Morgan fingerprint density at radius 3 is 2.37 bits per heavy atom. The van der Waals surface area contributed by atoms with E-state index < -0.39 is 17.2 Å². The van der Waals surface area contributed by atoms with Gasteiger partial charge in [0.15, 0.2) is 6.61 Å². The van der Waals surface area contributed by atoms with Crippen molar-refractivity contribution < 1.29 is 18.7 Å². The van der Waals surface area contributed by atoms with Gasteiger partial charge in [0.25, 0.3) is 5.91 Å². The number of rotatable bonds is 7. The molecule has 4 nitrogen and oxygen atoms in total. The molecule has 0 heterocycles. The van der Waals surface area contributed by atoms with Crippen molar-refractivity contribution in [2.24, 2.45) is 0 Å².